The van der Waals surface area contributed by atoms with Gasteiger partial charge in [-0.1, -0.05) is 25.7 Å². The first-order valence-electron chi connectivity index (χ1n) is 7.96. The minimum Gasteiger partial charge on any atom is -0.349 e. The lowest BCUT2D eigenvalue weighted by molar-refractivity contribution is 0.0933. The lowest BCUT2D eigenvalue weighted by Gasteiger charge is -2.16. The number of amides is 1. The largest absolute Gasteiger partial charge is 0.349 e. The van der Waals surface area contributed by atoms with E-state index < -0.39 is 11.2 Å². The van der Waals surface area contributed by atoms with Gasteiger partial charge in [-0.25, -0.2) is 9.78 Å². The third kappa shape index (κ3) is 3.18. The van der Waals surface area contributed by atoms with Crippen molar-refractivity contribution >= 4 is 16.9 Å². The third-order valence-corrected chi connectivity index (χ3v) is 4.41. The molecule has 7 heteroatoms. The highest BCUT2D eigenvalue weighted by atomic mass is 16.2. The number of pyridine rings is 1. The van der Waals surface area contributed by atoms with E-state index in [-0.39, 0.29) is 23.0 Å². The van der Waals surface area contributed by atoms with Gasteiger partial charge >= 0.3 is 5.69 Å². The minimum absolute atomic E-state index is 0.180. The number of fused-ring (bicyclic) bond motifs is 1. The summed E-state index contributed by atoms with van der Waals surface area (Å²) in [4.78, 5) is 42.2. The normalized spacial score (nSPS) is 16.2. The van der Waals surface area contributed by atoms with Crippen LogP contribution in [-0.4, -0.2) is 26.5 Å². The zero-order valence-corrected chi connectivity index (χ0v) is 13.1. The van der Waals surface area contributed by atoms with Crippen LogP contribution < -0.4 is 16.6 Å². The van der Waals surface area contributed by atoms with Gasteiger partial charge in [0.15, 0.2) is 0 Å². The highest BCUT2D eigenvalue weighted by Gasteiger charge is 2.17. The summed E-state index contributed by atoms with van der Waals surface area (Å²) >= 11 is 0. The van der Waals surface area contributed by atoms with Gasteiger partial charge in [-0.05, 0) is 18.9 Å². The van der Waals surface area contributed by atoms with E-state index in [1.165, 1.54) is 36.7 Å². The molecule has 1 aliphatic rings. The van der Waals surface area contributed by atoms with Crippen LogP contribution in [0.1, 0.15) is 48.9 Å². The molecule has 2 N–H and O–H groups in total. The van der Waals surface area contributed by atoms with E-state index in [1.54, 1.807) is 0 Å². The van der Waals surface area contributed by atoms with Crippen LogP contribution in [0.4, 0.5) is 0 Å². The maximum absolute atomic E-state index is 12.4. The van der Waals surface area contributed by atoms with Crippen molar-refractivity contribution in [3.05, 3.63) is 38.7 Å². The molecule has 0 saturated heterocycles. The summed E-state index contributed by atoms with van der Waals surface area (Å²) < 4.78 is 1.25. The van der Waals surface area contributed by atoms with Crippen LogP contribution in [0.2, 0.25) is 0 Å². The average Bonchev–Trinajstić information content (AvgIpc) is 2.81. The van der Waals surface area contributed by atoms with Crippen molar-refractivity contribution < 1.29 is 4.79 Å². The first-order valence-corrected chi connectivity index (χ1v) is 7.96. The number of hydrogen-bond acceptors (Lipinski definition) is 4. The molecule has 0 aromatic carbocycles. The van der Waals surface area contributed by atoms with Crippen molar-refractivity contribution in [1.29, 1.82) is 0 Å². The van der Waals surface area contributed by atoms with Gasteiger partial charge in [-0.15, -0.1) is 0 Å². The predicted molar refractivity (Wildman–Crippen MR) is 86.6 cm³/mol. The number of carbonyl (C=O) groups excluding carboxylic acids is 1. The fourth-order valence-corrected chi connectivity index (χ4v) is 3.05. The Morgan fingerprint density at radius 3 is 2.65 bits per heavy atom. The SMILES string of the molecule is Cn1c(=O)[nH]c(=O)c2cc(C(=O)NC3CCCCCC3)cnc21. The molecule has 1 amide bonds. The molecule has 0 spiro atoms. The van der Waals surface area contributed by atoms with Crippen molar-refractivity contribution in [2.45, 2.75) is 44.6 Å². The Morgan fingerprint density at radius 1 is 1.26 bits per heavy atom. The van der Waals surface area contributed by atoms with Crippen LogP contribution in [0.3, 0.4) is 0 Å². The van der Waals surface area contributed by atoms with Crippen LogP contribution >= 0.6 is 0 Å². The summed E-state index contributed by atoms with van der Waals surface area (Å²) in [6.07, 6.45) is 8.07. The number of hydrogen-bond donors (Lipinski definition) is 2. The Balaban J connectivity index is 1.89. The number of aromatic nitrogens is 3. The molecule has 0 aliphatic heterocycles. The number of nitrogens with one attached hydrogen (secondary N) is 2. The van der Waals surface area contributed by atoms with Crippen molar-refractivity contribution in [3.63, 3.8) is 0 Å². The second-order valence-electron chi connectivity index (χ2n) is 6.08. The van der Waals surface area contributed by atoms with Crippen molar-refractivity contribution in [1.82, 2.24) is 19.9 Å². The highest BCUT2D eigenvalue weighted by molar-refractivity contribution is 5.96. The molecule has 0 unspecified atom stereocenters. The molecule has 23 heavy (non-hydrogen) atoms. The fraction of sp³-hybridized carbons (Fsp3) is 0.500. The van der Waals surface area contributed by atoms with E-state index in [2.05, 4.69) is 15.3 Å². The first-order chi connectivity index (χ1) is 11.1. The van der Waals surface area contributed by atoms with Crippen LogP contribution in [0.25, 0.3) is 11.0 Å². The summed E-state index contributed by atoms with van der Waals surface area (Å²) in [6, 6.07) is 1.67. The molecule has 2 aromatic rings. The van der Waals surface area contributed by atoms with Crippen molar-refractivity contribution in [3.8, 4) is 0 Å². The molecule has 0 radical (unpaired) electrons. The number of rotatable bonds is 2. The number of carbonyl (C=O) groups is 1. The Bertz CT molecular complexity index is 845. The maximum atomic E-state index is 12.4. The Labute approximate surface area is 132 Å². The summed E-state index contributed by atoms with van der Waals surface area (Å²) in [6.45, 7) is 0. The van der Waals surface area contributed by atoms with Gasteiger partial charge in [0, 0.05) is 19.3 Å². The smallest absolute Gasteiger partial charge is 0.329 e. The molecule has 1 aliphatic carbocycles. The molecule has 0 atom stereocenters. The topological polar surface area (TPSA) is 96.9 Å². The molecule has 122 valence electrons. The van der Waals surface area contributed by atoms with Gasteiger partial charge < -0.3 is 5.32 Å². The Morgan fingerprint density at radius 2 is 1.96 bits per heavy atom. The highest BCUT2D eigenvalue weighted by Crippen LogP contribution is 2.17. The van der Waals surface area contributed by atoms with Crippen molar-refractivity contribution in [2.75, 3.05) is 0 Å². The van der Waals surface area contributed by atoms with Gasteiger partial charge in [0.1, 0.15) is 5.65 Å². The second-order valence-corrected chi connectivity index (χ2v) is 6.08. The van der Waals surface area contributed by atoms with E-state index in [0.29, 0.717) is 5.56 Å². The van der Waals surface area contributed by atoms with Crippen LogP contribution in [0.15, 0.2) is 21.9 Å². The van der Waals surface area contributed by atoms with Gasteiger partial charge in [0.2, 0.25) is 0 Å². The van der Waals surface area contributed by atoms with E-state index in [0.717, 1.165) is 25.7 Å². The average molecular weight is 316 g/mol. The van der Waals surface area contributed by atoms with Crippen molar-refractivity contribution in [2.24, 2.45) is 7.05 Å². The molecule has 3 rings (SSSR count). The standard InChI is InChI=1S/C16H20N4O3/c1-20-13-12(15(22)19-16(20)23)8-10(9-17-13)14(21)18-11-6-4-2-3-5-7-11/h8-9,11H,2-7H2,1H3,(H,18,21)(H,19,22,23). The molecule has 7 nitrogen and oxygen atoms in total. The third-order valence-electron chi connectivity index (χ3n) is 4.41. The molecule has 2 aromatic heterocycles. The molecule has 1 saturated carbocycles. The van der Waals surface area contributed by atoms with Gasteiger partial charge in [0.05, 0.1) is 10.9 Å². The van der Waals surface area contributed by atoms with Crippen LogP contribution in [-0.2, 0) is 7.05 Å². The number of nitrogens with zero attached hydrogens (tertiary/aromatic N) is 2. The molecule has 2 heterocycles. The monoisotopic (exact) mass is 316 g/mol. The van der Waals surface area contributed by atoms with Gasteiger partial charge in [-0.3, -0.25) is 19.1 Å². The lowest BCUT2D eigenvalue weighted by Crippen LogP contribution is -2.35. The maximum Gasteiger partial charge on any atom is 0.329 e. The number of H-pyrrole nitrogens is 1. The minimum atomic E-state index is -0.528. The molecule has 0 bridgehead atoms. The quantitative estimate of drug-likeness (QED) is 0.810. The zero-order chi connectivity index (χ0) is 16.4. The summed E-state index contributed by atoms with van der Waals surface area (Å²) in [5.74, 6) is -0.223. The van der Waals surface area contributed by atoms with E-state index in [4.69, 9.17) is 0 Å². The number of aryl methyl sites for hydroxylation is 1. The van der Waals surface area contributed by atoms with Gasteiger partial charge in [-0.2, -0.15) is 0 Å². The second kappa shape index (κ2) is 6.36. The summed E-state index contributed by atoms with van der Waals surface area (Å²) in [5, 5.41) is 3.26. The lowest BCUT2D eigenvalue weighted by atomic mass is 10.1. The number of aromatic amines is 1. The predicted octanol–water partition coefficient (Wildman–Crippen LogP) is 1.07. The van der Waals surface area contributed by atoms with E-state index >= 15 is 0 Å². The Hall–Kier alpha value is -2.44. The summed E-state index contributed by atoms with van der Waals surface area (Å²) in [7, 11) is 1.53. The first kappa shape index (κ1) is 15.5. The van der Waals surface area contributed by atoms with E-state index in [1.807, 2.05) is 0 Å². The molecule has 1 fully saturated rings. The molecular formula is C16H20N4O3. The fourth-order valence-electron chi connectivity index (χ4n) is 3.05. The zero-order valence-electron chi connectivity index (χ0n) is 13.1. The summed E-state index contributed by atoms with van der Waals surface area (Å²) in [5.41, 5.74) is -0.443. The van der Waals surface area contributed by atoms with Crippen LogP contribution in [0, 0.1) is 0 Å². The van der Waals surface area contributed by atoms with Crippen LogP contribution in [0.5, 0.6) is 0 Å². The van der Waals surface area contributed by atoms with Gasteiger partial charge in [0.25, 0.3) is 11.5 Å². The molecular weight excluding hydrogens is 296 g/mol. The van der Waals surface area contributed by atoms with E-state index in [9.17, 15) is 14.4 Å². The Kier molecular flexibility index (Phi) is 4.27.